The predicted molar refractivity (Wildman–Crippen MR) is 52.8 cm³/mol. The topological polar surface area (TPSA) is 143 Å². The van der Waals surface area contributed by atoms with Gasteiger partial charge in [0.1, 0.15) is 18.8 Å². The van der Waals surface area contributed by atoms with Crippen LogP contribution in [0, 0.1) is 0 Å². The average molecular weight is 274 g/mol. The molecule has 0 aromatic rings. The van der Waals surface area contributed by atoms with E-state index >= 15 is 0 Å². The summed E-state index contributed by atoms with van der Waals surface area (Å²) in [5.74, 6) is 0. The molecule has 0 aliphatic rings. The van der Waals surface area contributed by atoms with Crippen LogP contribution in [0.5, 0.6) is 0 Å². The third-order valence-corrected chi connectivity index (χ3v) is 2.38. The van der Waals surface area contributed by atoms with Crippen molar-refractivity contribution < 1.29 is 43.4 Å². The fourth-order valence-electron chi connectivity index (χ4n) is 0.649. The van der Waals surface area contributed by atoms with Gasteiger partial charge in [-0.3, -0.25) is 13.8 Å². The van der Waals surface area contributed by atoms with E-state index in [0.717, 1.165) is 0 Å². The molecule has 1 unspecified atom stereocenters. The molecule has 0 bridgehead atoms. The number of rotatable bonds is 10. The molecule has 9 nitrogen and oxygen atoms in total. The summed E-state index contributed by atoms with van der Waals surface area (Å²) >= 11 is 0. The second-order valence-corrected chi connectivity index (χ2v) is 4.43. The largest absolute Gasteiger partial charge is 0.472 e. The van der Waals surface area contributed by atoms with E-state index in [1.807, 2.05) is 0 Å². The first-order chi connectivity index (χ1) is 7.91. The van der Waals surface area contributed by atoms with Gasteiger partial charge in [-0.1, -0.05) is 0 Å². The standard InChI is InChI=1S/C7H15O9P/c8-1-6(10)3-15-17(12,13)16-4-7(11)2-14-5-9/h5-8,10-11H,1-4H2,(H,12,13)/t6-,7+/m1/s1. The molecule has 0 rings (SSSR count). The van der Waals surface area contributed by atoms with Crippen LogP contribution in [-0.4, -0.2) is 65.3 Å². The molecule has 102 valence electrons. The van der Waals surface area contributed by atoms with Crippen LogP contribution >= 0.6 is 7.82 Å². The molecule has 17 heavy (non-hydrogen) atoms. The summed E-state index contributed by atoms with van der Waals surface area (Å²) in [7, 11) is -4.42. The minimum absolute atomic E-state index is 0.107. The average Bonchev–Trinajstić information content (AvgIpc) is 2.31. The van der Waals surface area contributed by atoms with E-state index in [0.29, 0.717) is 0 Å². The van der Waals surface area contributed by atoms with Gasteiger partial charge < -0.3 is 24.9 Å². The van der Waals surface area contributed by atoms with Crippen molar-refractivity contribution in [3.8, 4) is 0 Å². The van der Waals surface area contributed by atoms with Crippen molar-refractivity contribution in [2.45, 2.75) is 12.2 Å². The molecule has 3 atom stereocenters. The molecule has 0 heterocycles. The number of aliphatic hydroxyl groups is 3. The van der Waals surface area contributed by atoms with Gasteiger partial charge >= 0.3 is 7.82 Å². The number of phosphoric acid groups is 1. The first-order valence-corrected chi connectivity index (χ1v) is 6.05. The highest BCUT2D eigenvalue weighted by Gasteiger charge is 2.24. The fourth-order valence-corrected chi connectivity index (χ4v) is 1.44. The van der Waals surface area contributed by atoms with E-state index in [9.17, 15) is 9.36 Å². The molecule has 0 aliphatic heterocycles. The van der Waals surface area contributed by atoms with Gasteiger partial charge in [-0.15, -0.1) is 0 Å². The number of ether oxygens (including phenoxy) is 1. The fraction of sp³-hybridized carbons (Fsp3) is 0.857. The van der Waals surface area contributed by atoms with Crippen LogP contribution in [-0.2, 0) is 23.1 Å². The third-order valence-electron chi connectivity index (χ3n) is 1.43. The van der Waals surface area contributed by atoms with Gasteiger partial charge in [0, 0.05) is 0 Å². The molecule has 0 spiro atoms. The summed E-state index contributed by atoms with van der Waals surface area (Å²) in [5.41, 5.74) is 0. The quantitative estimate of drug-likeness (QED) is 0.263. The summed E-state index contributed by atoms with van der Waals surface area (Å²) in [4.78, 5) is 18.8. The van der Waals surface area contributed by atoms with Gasteiger partial charge in [-0.25, -0.2) is 4.57 Å². The van der Waals surface area contributed by atoms with Crippen LogP contribution in [0.3, 0.4) is 0 Å². The lowest BCUT2D eigenvalue weighted by Crippen LogP contribution is -2.22. The summed E-state index contributed by atoms with van der Waals surface area (Å²) in [6.45, 7) is -2.09. The van der Waals surface area contributed by atoms with Crippen LogP contribution in [0.4, 0.5) is 0 Å². The maximum Gasteiger partial charge on any atom is 0.472 e. The Hall–Kier alpha value is -0.540. The van der Waals surface area contributed by atoms with Crippen LogP contribution < -0.4 is 0 Å². The van der Waals surface area contributed by atoms with Crippen molar-refractivity contribution in [2.75, 3.05) is 26.4 Å². The number of aliphatic hydroxyl groups excluding tert-OH is 3. The zero-order valence-electron chi connectivity index (χ0n) is 8.84. The lowest BCUT2D eigenvalue weighted by atomic mass is 10.4. The Labute approximate surface area is 97.2 Å². The highest BCUT2D eigenvalue weighted by molar-refractivity contribution is 7.47. The number of hydrogen-bond acceptors (Lipinski definition) is 8. The molecule has 4 N–H and O–H groups in total. The molecular weight excluding hydrogens is 259 g/mol. The Morgan fingerprint density at radius 3 is 2.12 bits per heavy atom. The molecule has 0 fully saturated rings. The Morgan fingerprint density at radius 2 is 1.65 bits per heavy atom. The van der Waals surface area contributed by atoms with E-state index in [1.54, 1.807) is 0 Å². The first-order valence-electron chi connectivity index (χ1n) is 4.55. The van der Waals surface area contributed by atoms with Gasteiger partial charge in [0.05, 0.1) is 19.8 Å². The van der Waals surface area contributed by atoms with E-state index in [4.69, 9.17) is 20.2 Å². The van der Waals surface area contributed by atoms with Gasteiger partial charge in [0.2, 0.25) is 0 Å². The third kappa shape index (κ3) is 9.19. The Bertz CT molecular complexity index is 258. The van der Waals surface area contributed by atoms with Crippen LogP contribution in [0.2, 0.25) is 0 Å². The number of phosphoric ester groups is 1. The summed E-state index contributed by atoms with van der Waals surface area (Å²) < 4.78 is 23.9. The van der Waals surface area contributed by atoms with Crippen molar-refractivity contribution in [2.24, 2.45) is 0 Å². The summed E-state index contributed by atoms with van der Waals surface area (Å²) in [6, 6.07) is 0. The summed E-state index contributed by atoms with van der Waals surface area (Å²) in [6.07, 6.45) is -2.57. The minimum atomic E-state index is -4.42. The van der Waals surface area contributed by atoms with Crippen LogP contribution in [0.25, 0.3) is 0 Å². The molecule has 0 saturated heterocycles. The Morgan fingerprint density at radius 1 is 1.12 bits per heavy atom. The zero-order valence-corrected chi connectivity index (χ0v) is 9.73. The molecule has 0 amide bonds. The van der Waals surface area contributed by atoms with Gasteiger partial charge in [0.25, 0.3) is 6.47 Å². The molecule has 0 radical (unpaired) electrons. The highest BCUT2D eigenvalue weighted by Crippen LogP contribution is 2.43. The monoisotopic (exact) mass is 274 g/mol. The van der Waals surface area contributed by atoms with Gasteiger partial charge in [0.15, 0.2) is 0 Å². The van der Waals surface area contributed by atoms with E-state index in [2.05, 4.69) is 13.8 Å². The van der Waals surface area contributed by atoms with E-state index < -0.39 is 39.9 Å². The van der Waals surface area contributed by atoms with Crippen molar-refractivity contribution in [1.29, 1.82) is 0 Å². The molecular formula is C7H15O9P. The van der Waals surface area contributed by atoms with Crippen molar-refractivity contribution >= 4 is 14.3 Å². The Balaban J connectivity index is 3.84. The van der Waals surface area contributed by atoms with Crippen molar-refractivity contribution in [3.63, 3.8) is 0 Å². The lowest BCUT2D eigenvalue weighted by molar-refractivity contribution is -0.132. The molecule has 0 saturated carbocycles. The van der Waals surface area contributed by atoms with Gasteiger partial charge in [-0.05, 0) is 0 Å². The summed E-state index contributed by atoms with van der Waals surface area (Å²) in [5, 5.41) is 26.3. The maximum absolute atomic E-state index is 11.1. The first kappa shape index (κ1) is 16.5. The maximum atomic E-state index is 11.1. The smallest absolute Gasteiger partial charge is 0.465 e. The Kier molecular flexibility index (Phi) is 8.26. The van der Waals surface area contributed by atoms with Crippen molar-refractivity contribution in [1.82, 2.24) is 0 Å². The normalized spacial score (nSPS) is 18.1. The molecule has 0 aliphatic carbocycles. The zero-order chi connectivity index (χ0) is 13.3. The van der Waals surface area contributed by atoms with Crippen LogP contribution in [0.15, 0.2) is 0 Å². The second kappa shape index (κ2) is 8.54. The molecule has 0 aromatic heterocycles. The second-order valence-electron chi connectivity index (χ2n) is 2.98. The van der Waals surface area contributed by atoms with E-state index in [1.165, 1.54) is 0 Å². The number of carbonyl (C=O) groups excluding carboxylic acids is 1. The number of carbonyl (C=O) groups is 1. The van der Waals surface area contributed by atoms with Gasteiger partial charge in [-0.2, -0.15) is 0 Å². The molecule has 10 heteroatoms. The number of hydrogen-bond donors (Lipinski definition) is 4. The van der Waals surface area contributed by atoms with E-state index in [-0.39, 0.29) is 13.1 Å². The van der Waals surface area contributed by atoms with Crippen LogP contribution in [0.1, 0.15) is 0 Å². The lowest BCUT2D eigenvalue weighted by Gasteiger charge is -2.15. The SMILES string of the molecule is O=COC[C@H](O)COP(=O)(O)OC[C@H](O)CO. The minimum Gasteiger partial charge on any atom is -0.465 e. The predicted octanol–water partition coefficient (Wildman–Crippen LogP) is -1.99. The highest BCUT2D eigenvalue weighted by atomic mass is 31.2. The van der Waals surface area contributed by atoms with Crippen molar-refractivity contribution in [3.05, 3.63) is 0 Å². The molecule has 0 aromatic carbocycles.